The zero-order valence-electron chi connectivity index (χ0n) is 14.7. The highest BCUT2D eigenvalue weighted by Crippen LogP contribution is 2.20. The number of amides is 2. The van der Waals surface area contributed by atoms with Gasteiger partial charge in [0.2, 0.25) is 0 Å². The van der Waals surface area contributed by atoms with Crippen molar-refractivity contribution in [3.05, 3.63) is 64.2 Å². The van der Waals surface area contributed by atoms with Crippen molar-refractivity contribution in [3.63, 3.8) is 0 Å². The Labute approximate surface area is 153 Å². The van der Waals surface area contributed by atoms with E-state index in [-0.39, 0.29) is 11.8 Å². The number of anilines is 1. The second-order valence-corrected chi connectivity index (χ2v) is 6.84. The molecule has 0 aromatic heterocycles. The summed E-state index contributed by atoms with van der Waals surface area (Å²) >= 11 is 6.06. The van der Waals surface area contributed by atoms with E-state index < -0.39 is 0 Å². The van der Waals surface area contributed by atoms with Gasteiger partial charge in [0.1, 0.15) is 0 Å². The second-order valence-electron chi connectivity index (χ2n) is 6.43. The molecular weight excluding hydrogens is 336 g/mol. The van der Waals surface area contributed by atoms with Crippen LogP contribution < -0.4 is 10.6 Å². The van der Waals surface area contributed by atoms with Gasteiger partial charge >= 0.3 is 0 Å². The third-order valence-corrected chi connectivity index (χ3v) is 4.25. The highest BCUT2D eigenvalue weighted by atomic mass is 35.5. The Morgan fingerprint density at radius 1 is 1.00 bits per heavy atom. The standard InChI is InChI=1S/C20H23ClN2O2/c1-13(2)10-11-22-19(24)15-5-7-16(8-6-15)20(25)23-17-9-4-14(3)18(21)12-17/h4-9,12-13H,10-11H2,1-3H3,(H,22,24)(H,23,25). The van der Waals surface area contributed by atoms with E-state index in [1.165, 1.54) is 0 Å². The summed E-state index contributed by atoms with van der Waals surface area (Å²) in [6.45, 7) is 6.77. The predicted molar refractivity (Wildman–Crippen MR) is 102 cm³/mol. The van der Waals surface area contributed by atoms with E-state index in [0.717, 1.165) is 12.0 Å². The van der Waals surface area contributed by atoms with Gasteiger partial charge in [0.25, 0.3) is 11.8 Å². The zero-order chi connectivity index (χ0) is 18.4. The molecule has 0 aliphatic carbocycles. The summed E-state index contributed by atoms with van der Waals surface area (Å²) in [5.41, 5.74) is 2.61. The maximum absolute atomic E-state index is 12.3. The minimum atomic E-state index is -0.244. The zero-order valence-corrected chi connectivity index (χ0v) is 15.5. The monoisotopic (exact) mass is 358 g/mol. The van der Waals surface area contributed by atoms with Crippen molar-refractivity contribution in [2.45, 2.75) is 27.2 Å². The number of hydrogen-bond donors (Lipinski definition) is 2. The van der Waals surface area contributed by atoms with Crippen LogP contribution in [0.25, 0.3) is 0 Å². The first-order valence-electron chi connectivity index (χ1n) is 8.32. The maximum Gasteiger partial charge on any atom is 0.255 e. The smallest absolute Gasteiger partial charge is 0.255 e. The Morgan fingerprint density at radius 2 is 1.60 bits per heavy atom. The molecular formula is C20H23ClN2O2. The molecule has 0 saturated carbocycles. The molecule has 4 nitrogen and oxygen atoms in total. The van der Waals surface area contributed by atoms with Crippen molar-refractivity contribution in [3.8, 4) is 0 Å². The Hall–Kier alpha value is -2.33. The Balaban J connectivity index is 1.97. The van der Waals surface area contributed by atoms with Crippen LogP contribution in [0.2, 0.25) is 5.02 Å². The van der Waals surface area contributed by atoms with E-state index in [1.54, 1.807) is 36.4 Å². The summed E-state index contributed by atoms with van der Waals surface area (Å²) < 4.78 is 0. The molecule has 0 atom stereocenters. The molecule has 0 radical (unpaired) electrons. The molecule has 0 saturated heterocycles. The molecule has 2 N–H and O–H groups in total. The van der Waals surface area contributed by atoms with Gasteiger partial charge in [-0.05, 0) is 61.2 Å². The number of carbonyl (C=O) groups excluding carboxylic acids is 2. The van der Waals surface area contributed by atoms with E-state index >= 15 is 0 Å². The van der Waals surface area contributed by atoms with E-state index in [1.807, 2.05) is 13.0 Å². The molecule has 0 unspecified atom stereocenters. The Bertz CT molecular complexity index is 755. The number of halogens is 1. The van der Waals surface area contributed by atoms with E-state index in [4.69, 9.17) is 11.6 Å². The Kier molecular flexibility index (Phi) is 6.59. The fourth-order valence-electron chi connectivity index (χ4n) is 2.22. The van der Waals surface area contributed by atoms with Crippen LogP contribution in [0, 0.1) is 12.8 Å². The molecule has 0 fully saturated rings. The third-order valence-electron chi connectivity index (χ3n) is 3.85. The molecule has 25 heavy (non-hydrogen) atoms. The lowest BCUT2D eigenvalue weighted by Crippen LogP contribution is -2.25. The number of aryl methyl sites for hydroxylation is 1. The summed E-state index contributed by atoms with van der Waals surface area (Å²) in [6.07, 6.45) is 0.936. The molecule has 2 rings (SSSR count). The summed E-state index contributed by atoms with van der Waals surface area (Å²) in [4.78, 5) is 24.3. The van der Waals surface area contributed by atoms with Crippen LogP contribution in [0.3, 0.4) is 0 Å². The van der Waals surface area contributed by atoms with Crippen LogP contribution >= 0.6 is 11.6 Å². The normalized spacial score (nSPS) is 10.6. The van der Waals surface area contributed by atoms with Gasteiger partial charge < -0.3 is 10.6 Å². The van der Waals surface area contributed by atoms with Crippen LogP contribution in [-0.2, 0) is 0 Å². The van der Waals surface area contributed by atoms with Gasteiger partial charge in [0.15, 0.2) is 0 Å². The number of hydrogen-bond acceptors (Lipinski definition) is 2. The van der Waals surface area contributed by atoms with Gasteiger partial charge in [-0.2, -0.15) is 0 Å². The SMILES string of the molecule is Cc1ccc(NC(=O)c2ccc(C(=O)NCCC(C)C)cc2)cc1Cl. The summed E-state index contributed by atoms with van der Waals surface area (Å²) in [7, 11) is 0. The van der Waals surface area contributed by atoms with Crippen molar-refractivity contribution >= 4 is 29.1 Å². The number of rotatable bonds is 6. The van der Waals surface area contributed by atoms with E-state index in [2.05, 4.69) is 24.5 Å². The minimum Gasteiger partial charge on any atom is -0.352 e. The lowest BCUT2D eigenvalue weighted by Gasteiger charge is -2.09. The van der Waals surface area contributed by atoms with Crippen LogP contribution in [0.4, 0.5) is 5.69 Å². The third kappa shape index (κ3) is 5.61. The maximum atomic E-state index is 12.3. The fourth-order valence-corrected chi connectivity index (χ4v) is 2.40. The van der Waals surface area contributed by atoms with Gasteiger partial charge in [-0.25, -0.2) is 0 Å². The average molecular weight is 359 g/mol. The van der Waals surface area contributed by atoms with Gasteiger partial charge in [-0.1, -0.05) is 31.5 Å². The number of benzene rings is 2. The second kappa shape index (κ2) is 8.67. The Morgan fingerprint density at radius 3 is 2.16 bits per heavy atom. The average Bonchev–Trinajstić information content (AvgIpc) is 2.58. The topological polar surface area (TPSA) is 58.2 Å². The molecule has 2 aromatic rings. The highest BCUT2D eigenvalue weighted by molar-refractivity contribution is 6.31. The molecule has 0 heterocycles. The first kappa shape index (κ1) is 19.0. The molecule has 0 aliphatic rings. The largest absolute Gasteiger partial charge is 0.352 e. The number of carbonyl (C=O) groups is 2. The van der Waals surface area contributed by atoms with E-state index in [0.29, 0.717) is 34.3 Å². The summed E-state index contributed by atoms with van der Waals surface area (Å²) in [5.74, 6) is 0.172. The predicted octanol–water partition coefficient (Wildman–Crippen LogP) is 4.68. The van der Waals surface area contributed by atoms with Crippen molar-refractivity contribution < 1.29 is 9.59 Å². The lowest BCUT2D eigenvalue weighted by molar-refractivity contribution is 0.0950. The summed E-state index contributed by atoms with van der Waals surface area (Å²) in [6, 6.07) is 12.0. The van der Waals surface area contributed by atoms with Crippen LogP contribution in [-0.4, -0.2) is 18.4 Å². The van der Waals surface area contributed by atoms with Crippen LogP contribution in [0.1, 0.15) is 46.5 Å². The first-order chi connectivity index (χ1) is 11.9. The van der Waals surface area contributed by atoms with Crippen molar-refractivity contribution in [2.24, 2.45) is 5.92 Å². The van der Waals surface area contributed by atoms with Crippen molar-refractivity contribution in [1.82, 2.24) is 5.32 Å². The molecule has 0 bridgehead atoms. The quantitative estimate of drug-likeness (QED) is 0.787. The van der Waals surface area contributed by atoms with Gasteiger partial charge in [0.05, 0.1) is 0 Å². The molecule has 2 amide bonds. The van der Waals surface area contributed by atoms with Crippen molar-refractivity contribution in [2.75, 3.05) is 11.9 Å². The van der Waals surface area contributed by atoms with E-state index in [9.17, 15) is 9.59 Å². The molecule has 2 aromatic carbocycles. The molecule has 132 valence electrons. The fraction of sp³-hybridized carbons (Fsp3) is 0.300. The van der Waals surface area contributed by atoms with Gasteiger partial charge in [-0.15, -0.1) is 0 Å². The van der Waals surface area contributed by atoms with Gasteiger partial charge in [-0.3, -0.25) is 9.59 Å². The van der Waals surface area contributed by atoms with Crippen LogP contribution in [0.5, 0.6) is 0 Å². The molecule has 5 heteroatoms. The lowest BCUT2D eigenvalue weighted by atomic mass is 10.1. The summed E-state index contributed by atoms with van der Waals surface area (Å²) in [5, 5.41) is 6.28. The van der Waals surface area contributed by atoms with Crippen molar-refractivity contribution in [1.29, 1.82) is 0 Å². The minimum absolute atomic E-state index is 0.127. The van der Waals surface area contributed by atoms with Gasteiger partial charge in [0, 0.05) is 28.4 Å². The molecule has 0 spiro atoms. The number of nitrogens with one attached hydrogen (secondary N) is 2. The molecule has 0 aliphatic heterocycles. The van der Waals surface area contributed by atoms with Crippen LogP contribution in [0.15, 0.2) is 42.5 Å². The first-order valence-corrected chi connectivity index (χ1v) is 8.70. The highest BCUT2D eigenvalue weighted by Gasteiger charge is 2.10.